The van der Waals surface area contributed by atoms with Gasteiger partial charge in [0.2, 0.25) is 0 Å². The third-order valence-corrected chi connectivity index (χ3v) is 50.2. The third kappa shape index (κ3) is 20.7. The van der Waals surface area contributed by atoms with Crippen molar-refractivity contribution in [2.45, 2.75) is 267 Å². The van der Waals surface area contributed by atoms with Crippen LogP contribution >= 0.6 is 0 Å². The fourth-order valence-corrected chi connectivity index (χ4v) is 44.6. The van der Waals surface area contributed by atoms with Gasteiger partial charge in [0, 0.05) is 0 Å². The van der Waals surface area contributed by atoms with Gasteiger partial charge in [-0.3, -0.25) is 18.2 Å². The fourth-order valence-electron chi connectivity index (χ4n) is 18.9. The molecule has 6 aromatic carbocycles. The molecule has 0 spiro atoms. The van der Waals surface area contributed by atoms with Crippen LogP contribution in [0.2, 0.25) is 90.2 Å². The van der Waals surface area contributed by atoms with E-state index in [1.807, 2.05) is 0 Å². The van der Waals surface area contributed by atoms with Crippen LogP contribution in [-0.2, 0) is 65.2 Å². The summed E-state index contributed by atoms with van der Waals surface area (Å²) in [6.45, 7) is 70.0. The van der Waals surface area contributed by atoms with Crippen molar-refractivity contribution in [3.05, 3.63) is 298 Å². The Kier molecular flexibility index (Phi) is 44.8. The second-order valence-corrected chi connectivity index (χ2v) is 64.5. The van der Waals surface area contributed by atoms with Crippen molar-refractivity contribution in [2.24, 2.45) is 0 Å². The first-order valence-corrected chi connectivity index (χ1v) is 53.2. The molecule has 0 amide bonds. The van der Waals surface area contributed by atoms with Crippen molar-refractivity contribution >= 4 is 95.1 Å². The first-order valence-electron chi connectivity index (χ1n) is 36.5. The van der Waals surface area contributed by atoms with Crippen molar-refractivity contribution in [2.75, 3.05) is 0 Å². The van der Waals surface area contributed by atoms with Crippen LogP contribution in [0.1, 0.15) is 173 Å². The molecule has 1 saturated carbocycles. The van der Waals surface area contributed by atoms with Gasteiger partial charge in [-0.2, -0.15) is 33.4 Å². The summed E-state index contributed by atoms with van der Waals surface area (Å²) in [5, 5.41) is 14.2. The van der Waals surface area contributed by atoms with Crippen LogP contribution in [-0.4, -0.2) is 48.4 Å². The van der Waals surface area contributed by atoms with Crippen molar-refractivity contribution in [3.63, 3.8) is 0 Å². The summed E-state index contributed by atoms with van der Waals surface area (Å²) >= 11 is 0. The molecule has 0 radical (unpaired) electrons. The number of benzene rings is 6. The van der Waals surface area contributed by atoms with E-state index in [4.69, 9.17) is 0 Å². The number of aryl methyl sites for hydroxylation is 3. The Morgan fingerprint density at radius 2 is 0.654 bits per heavy atom. The standard InChI is InChI=1S/C31H43Si2.2C29H41Si2.9CH3.3Ti/c1-23-19-29(32(6,7)8)21-30(20-23)33(27-15-11-9-12-16-27,28-17-13-10-14-18-28)31(5)22-24(2)25(3)26(31)4;1-21-17-26(30(9,10)11)19-27(18-21)31(28(5,6)7,25-15-13-12-14-16-25)29(8)20-22(2)23(3)24(29)4;1-11-23(4)31(26-15-13-12-14-16-26,29(7)20-22(3)24(5)25(29)6)28-18-21(2)17-27(19-28)30(8,9)10;;;;;;;;;;;;/h9,11-12,15-16,19-21,28H,10,13-14,17-18H2,1-8H3;12-19H,1-11H3;12-19,23H,11H2,1-10H3;9*1H3;;;/q12*-1;3*+4. The van der Waals surface area contributed by atoms with Crippen molar-refractivity contribution in [1.82, 2.24) is 0 Å². The zero-order valence-corrected chi connectivity index (χ0v) is 86.4. The van der Waals surface area contributed by atoms with E-state index >= 15 is 0 Å². The molecule has 7 atom stereocenters. The Morgan fingerprint density at radius 3 is 0.981 bits per heavy atom. The quantitative estimate of drug-likeness (QED) is 0.0710. The van der Waals surface area contributed by atoms with Crippen molar-refractivity contribution in [1.29, 1.82) is 0 Å². The van der Waals surface area contributed by atoms with E-state index in [1.54, 1.807) is 47.1 Å². The summed E-state index contributed by atoms with van der Waals surface area (Å²) in [6.07, 6.45) is 20.3. The molecular formula is C98H152Si6Ti3. The molecule has 0 heterocycles. The second-order valence-electron chi connectivity index (χ2n) is 34.7. The summed E-state index contributed by atoms with van der Waals surface area (Å²) in [5.74, 6) is 0. The van der Waals surface area contributed by atoms with Gasteiger partial charge >= 0.3 is 65.2 Å². The normalized spacial score (nSPS) is 20.2. The van der Waals surface area contributed by atoms with Crippen LogP contribution < -0.4 is 46.7 Å². The van der Waals surface area contributed by atoms with Crippen LogP contribution in [0.25, 0.3) is 0 Å². The van der Waals surface area contributed by atoms with Gasteiger partial charge in [-0.15, -0.1) is 20.8 Å². The van der Waals surface area contributed by atoms with Gasteiger partial charge < -0.3 is 66.8 Å². The molecule has 9 heteroatoms. The predicted molar refractivity (Wildman–Crippen MR) is 498 cm³/mol. The molecular weight excluding hydrogens is 1490 g/mol. The zero-order chi connectivity index (χ0) is 70.6. The first kappa shape index (κ1) is 113. The molecule has 0 bridgehead atoms. The fraction of sp³-hybridized carbons (Fsp3) is 0.418. The Labute approximate surface area is 718 Å². The minimum absolute atomic E-state index is 0. The van der Waals surface area contributed by atoms with Crippen LogP contribution in [0.15, 0.2) is 196 Å². The first-order chi connectivity index (χ1) is 44.1. The number of hydrogen-bond acceptors (Lipinski definition) is 0. The van der Waals surface area contributed by atoms with Gasteiger partial charge in [0.25, 0.3) is 0 Å². The molecule has 0 nitrogen and oxygen atoms in total. The Morgan fingerprint density at radius 1 is 0.364 bits per heavy atom. The van der Waals surface area contributed by atoms with Crippen LogP contribution in [0, 0.1) is 106 Å². The summed E-state index contributed by atoms with van der Waals surface area (Å²) in [4.78, 5) is 0. The summed E-state index contributed by atoms with van der Waals surface area (Å²) in [6, 6.07) is 57.5. The number of rotatable bonds is 15. The van der Waals surface area contributed by atoms with Crippen molar-refractivity contribution in [3.8, 4) is 0 Å². The van der Waals surface area contributed by atoms with E-state index in [2.05, 4.69) is 361 Å². The number of allylic oxidation sites excluding steroid dienone is 12. The average Bonchev–Trinajstić information content (AvgIpc) is 1.67. The maximum absolute atomic E-state index is 4.16. The second kappa shape index (κ2) is 42.5. The molecule has 0 saturated heterocycles. The van der Waals surface area contributed by atoms with Crippen LogP contribution in [0.3, 0.4) is 0 Å². The molecule has 580 valence electrons. The topological polar surface area (TPSA) is 0 Å². The Bertz CT molecular complexity index is 3990. The molecule has 1 fully saturated rings. The smallest absolute Gasteiger partial charge is 0.358 e. The molecule has 10 rings (SSSR count). The monoisotopic (exact) mass is 1640 g/mol. The van der Waals surface area contributed by atoms with Crippen molar-refractivity contribution < 1.29 is 65.2 Å². The van der Waals surface area contributed by atoms with E-state index in [-0.39, 0.29) is 152 Å². The van der Waals surface area contributed by atoms with E-state index in [0.717, 1.165) is 5.54 Å². The molecule has 107 heavy (non-hydrogen) atoms. The van der Waals surface area contributed by atoms with Gasteiger partial charge in [0.05, 0.1) is 24.2 Å². The SMILES string of the molecule is CC1=[C-]C(C)([Si](c2ccccc2)(c2cc(C)cc([Si](C)(C)C)c2)C(C)(C)C)C(C)=C1C.CC1=[C-]C(C)([Si](c2ccccc2)(c2cc(C)cc([Si](C)(C)C)c2)C2CCCCC2)C(C)=C1C.CCC(C)[Si](c1ccccc1)(c1cc(C)cc([Si](C)(C)C)c1)C1(C)[C-]=C(C)C(C)=C1C.[CH3-].[CH3-].[CH3-].[CH3-].[CH3-].[CH3-].[CH3-].[CH3-].[CH3-].[Ti+4].[Ti+4].[Ti+4]. The summed E-state index contributed by atoms with van der Waals surface area (Å²) in [7, 11) is -11.3. The van der Waals surface area contributed by atoms with Gasteiger partial charge in [-0.25, -0.2) is 16.7 Å². The average molecular weight is 1640 g/mol. The molecule has 0 aromatic heterocycles. The van der Waals surface area contributed by atoms with E-state index in [9.17, 15) is 0 Å². The van der Waals surface area contributed by atoms with Crippen LogP contribution in [0.5, 0.6) is 0 Å². The Hall–Kier alpha value is -2.80. The summed E-state index contributed by atoms with van der Waals surface area (Å²) < 4.78 is 0. The van der Waals surface area contributed by atoms with E-state index < -0.39 is 48.4 Å². The van der Waals surface area contributed by atoms with Gasteiger partial charge in [-0.05, 0) is 36.9 Å². The van der Waals surface area contributed by atoms with E-state index in [1.165, 1.54) is 105 Å². The van der Waals surface area contributed by atoms with Gasteiger partial charge in [-0.1, -0.05) is 418 Å². The molecule has 4 aliphatic rings. The van der Waals surface area contributed by atoms with Gasteiger partial charge in [0.15, 0.2) is 0 Å². The largest absolute Gasteiger partial charge is 4.00 e. The number of hydrogen-bond donors (Lipinski definition) is 0. The molecule has 6 aromatic rings. The molecule has 0 N–H and O–H groups in total. The predicted octanol–water partition coefficient (Wildman–Crippen LogP) is 24.9. The molecule has 7 unspecified atom stereocenters. The maximum atomic E-state index is 4.16. The minimum atomic E-state index is -2.40. The minimum Gasteiger partial charge on any atom is -0.358 e. The Balaban J connectivity index is -0.000000461. The zero-order valence-electron chi connectivity index (χ0n) is 75.8. The summed E-state index contributed by atoms with van der Waals surface area (Å²) in [5.41, 5.74) is 18.6. The molecule has 0 aliphatic heterocycles. The van der Waals surface area contributed by atoms with Gasteiger partial charge in [0.1, 0.15) is 24.2 Å². The maximum Gasteiger partial charge on any atom is 4.00 e. The van der Waals surface area contributed by atoms with E-state index in [0.29, 0.717) is 5.54 Å². The molecule has 4 aliphatic carbocycles. The third-order valence-electron chi connectivity index (χ3n) is 24.8. The van der Waals surface area contributed by atoms with Crippen LogP contribution in [0.4, 0.5) is 0 Å².